The van der Waals surface area contributed by atoms with E-state index < -0.39 is 5.92 Å². The van der Waals surface area contributed by atoms with E-state index in [-0.39, 0.29) is 31.8 Å². The Morgan fingerprint density at radius 3 is 2.68 bits per heavy atom. The van der Waals surface area contributed by atoms with Gasteiger partial charge in [-0.15, -0.1) is 0 Å². The van der Waals surface area contributed by atoms with Crippen LogP contribution >= 0.6 is 0 Å². The van der Waals surface area contributed by atoms with Crippen molar-refractivity contribution in [2.75, 3.05) is 13.1 Å². The summed E-state index contributed by atoms with van der Waals surface area (Å²) in [5.74, 6) is -2.83. The van der Waals surface area contributed by atoms with Gasteiger partial charge in [-0.25, -0.2) is 8.78 Å². The Morgan fingerprint density at radius 1 is 1.21 bits per heavy atom. The number of benzene rings is 1. The molecule has 2 aromatic rings. The Labute approximate surface area is 108 Å². The average molecular weight is 265 g/mol. The molecule has 0 N–H and O–H groups in total. The Kier molecular flexibility index (Phi) is 2.77. The van der Waals surface area contributed by atoms with Crippen molar-refractivity contribution in [1.29, 1.82) is 0 Å². The number of fused-ring (bicyclic) bond motifs is 1. The second-order valence-electron chi connectivity index (χ2n) is 4.82. The number of furan rings is 1. The number of piperidine rings is 1. The van der Waals surface area contributed by atoms with Crippen LogP contribution in [0.4, 0.5) is 8.78 Å². The lowest BCUT2D eigenvalue weighted by Crippen LogP contribution is -2.42. The van der Waals surface area contributed by atoms with E-state index in [1.54, 1.807) is 30.5 Å². The van der Waals surface area contributed by atoms with Crippen molar-refractivity contribution in [2.24, 2.45) is 0 Å². The van der Waals surface area contributed by atoms with Crippen LogP contribution in [0.2, 0.25) is 0 Å². The fourth-order valence-electron chi connectivity index (χ4n) is 2.32. The number of hydrogen-bond donors (Lipinski definition) is 0. The summed E-state index contributed by atoms with van der Waals surface area (Å²) in [7, 11) is 0. The molecule has 1 aromatic heterocycles. The minimum absolute atomic E-state index is 0.106. The van der Waals surface area contributed by atoms with Gasteiger partial charge in [-0.05, 0) is 24.3 Å². The highest BCUT2D eigenvalue weighted by molar-refractivity contribution is 5.97. The highest BCUT2D eigenvalue weighted by Gasteiger charge is 2.35. The molecule has 0 radical (unpaired) electrons. The SMILES string of the molecule is O=C(c1ccc2occc2c1)N1CCC(F)(F)CC1. The van der Waals surface area contributed by atoms with E-state index in [2.05, 4.69) is 0 Å². The fourth-order valence-corrected chi connectivity index (χ4v) is 2.32. The summed E-state index contributed by atoms with van der Waals surface area (Å²) >= 11 is 0. The largest absolute Gasteiger partial charge is 0.464 e. The van der Waals surface area contributed by atoms with Crippen LogP contribution in [0.1, 0.15) is 23.2 Å². The van der Waals surface area contributed by atoms with Gasteiger partial charge in [0.15, 0.2) is 0 Å². The fraction of sp³-hybridized carbons (Fsp3) is 0.357. The third-order valence-electron chi connectivity index (χ3n) is 3.48. The first-order valence-corrected chi connectivity index (χ1v) is 6.20. The number of carbonyl (C=O) groups is 1. The van der Waals surface area contributed by atoms with Crippen molar-refractivity contribution in [3.63, 3.8) is 0 Å². The van der Waals surface area contributed by atoms with Gasteiger partial charge in [0, 0.05) is 36.9 Å². The number of halogens is 2. The molecular weight excluding hydrogens is 252 g/mol. The first-order chi connectivity index (χ1) is 9.05. The third-order valence-corrected chi connectivity index (χ3v) is 3.48. The number of nitrogens with zero attached hydrogens (tertiary/aromatic N) is 1. The van der Waals surface area contributed by atoms with Gasteiger partial charge in [0.05, 0.1) is 6.26 Å². The smallest absolute Gasteiger partial charge is 0.253 e. The van der Waals surface area contributed by atoms with E-state index >= 15 is 0 Å². The lowest BCUT2D eigenvalue weighted by Gasteiger charge is -2.31. The lowest BCUT2D eigenvalue weighted by atomic mass is 10.1. The maximum absolute atomic E-state index is 13.1. The predicted molar refractivity (Wildman–Crippen MR) is 66.3 cm³/mol. The maximum atomic E-state index is 13.1. The number of carbonyl (C=O) groups excluding carboxylic acids is 1. The summed E-state index contributed by atoms with van der Waals surface area (Å²) in [6.07, 6.45) is 1.04. The summed E-state index contributed by atoms with van der Waals surface area (Å²) in [4.78, 5) is 13.7. The maximum Gasteiger partial charge on any atom is 0.253 e. The van der Waals surface area contributed by atoms with Crippen molar-refractivity contribution >= 4 is 16.9 Å². The van der Waals surface area contributed by atoms with Crippen molar-refractivity contribution in [1.82, 2.24) is 4.90 Å². The molecule has 1 saturated heterocycles. The minimum atomic E-state index is -2.63. The van der Waals surface area contributed by atoms with Gasteiger partial charge in [0.25, 0.3) is 11.8 Å². The van der Waals surface area contributed by atoms with Gasteiger partial charge in [-0.3, -0.25) is 4.79 Å². The predicted octanol–water partition coefficient (Wildman–Crippen LogP) is 3.30. The van der Waals surface area contributed by atoms with Crippen LogP contribution in [-0.4, -0.2) is 29.8 Å². The molecule has 1 aliphatic heterocycles. The molecule has 1 amide bonds. The van der Waals surface area contributed by atoms with Gasteiger partial charge in [0.2, 0.25) is 0 Å². The molecule has 1 fully saturated rings. The van der Waals surface area contributed by atoms with Crippen molar-refractivity contribution in [3.05, 3.63) is 36.1 Å². The van der Waals surface area contributed by atoms with Crippen LogP contribution in [-0.2, 0) is 0 Å². The Hall–Kier alpha value is -1.91. The van der Waals surface area contributed by atoms with Crippen LogP contribution in [0.3, 0.4) is 0 Å². The van der Waals surface area contributed by atoms with E-state index in [1.165, 1.54) is 4.90 Å². The molecule has 1 aliphatic rings. The van der Waals surface area contributed by atoms with Crippen LogP contribution < -0.4 is 0 Å². The first kappa shape index (κ1) is 12.1. The molecule has 0 unspecified atom stereocenters. The standard InChI is InChI=1S/C14H13F2NO2/c15-14(16)4-6-17(7-5-14)13(18)11-1-2-12-10(9-11)3-8-19-12/h1-3,8-9H,4-7H2. The topological polar surface area (TPSA) is 33.5 Å². The monoisotopic (exact) mass is 265 g/mol. The molecule has 1 aromatic carbocycles. The van der Waals surface area contributed by atoms with Gasteiger partial charge in [-0.2, -0.15) is 0 Å². The van der Waals surface area contributed by atoms with Crippen molar-refractivity contribution in [2.45, 2.75) is 18.8 Å². The van der Waals surface area contributed by atoms with E-state index in [9.17, 15) is 13.6 Å². The Bertz CT molecular complexity index is 611. The quantitative estimate of drug-likeness (QED) is 0.792. The second-order valence-corrected chi connectivity index (χ2v) is 4.82. The molecule has 19 heavy (non-hydrogen) atoms. The first-order valence-electron chi connectivity index (χ1n) is 6.20. The number of hydrogen-bond acceptors (Lipinski definition) is 2. The second kappa shape index (κ2) is 4.33. The van der Waals surface area contributed by atoms with Crippen molar-refractivity contribution in [3.8, 4) is 0 Å². The number of alkyl halides is 2. The van der Waals surface area contributed by atoms with E-state index in [0.29, 0.717) is 11.1 Å². The zero-order valence-electron chi connectivity index (χ0n) is 10.2. The number of amides is 1. The number of rotatable bonds is 1. The summed E-state index contributed by atoms with van der Waals surface area (Å²) in [6, 6.07) is 6.90. The molecular formula is C14H13F2NO2. The van der Waals surface area contributed by atoms with Gasteiger partial charge in [0.1, 0.15) is 5.58 Å². The van der Waals surface area contributed by atoms with E-state index in [1.807, 2.05) is 0 Å². The molecule has 100 valence electrons. The van der Waals surface area contributed by atoms with Crippen LogP contribution in [0.5, 0.6) is 0 Å². The van der Waals surface area contributed by atoms with Gasteiger partial charge in [-0.1, -0.05) is 0 Å². The molecule has 5 heteroatoms. The molecule has 3 rings (SSSR count). The summed E-state index contributed by atoms with van der Waals surface area (Å²) in [5.41, 5.74) is 1.22. The van der Waals surface area contributed by atoms with Crippen LogP contribution in [0.25, 0.3) is 11.0 Å². The van der Waals surface area contributed by atoms with Gasteiger partial charge >= 0.3 is 0 Å². The molecule has 0 atom stereocenters. The van der Waals surface area contributed by atoms with Crippen LogP contribution in [0, 0.1) is 0 Å². The molecule has 3 nitrogen and oxygen atoms in total. The highest BCUT2D eigenvalue weighted by atomic mass is 19.3. The Morgan fingerprint density at radius 2 is 1.95 bits per heavy atom. The lowest BCUT2D eigenvalue weighted by molar-refractivity contribution is -0.0494. The highest BCUT2D eigenvalue weighted by Crippen LogP contribution is 2.28. The zero-order valence-corrected chi connectivity index (χ0v) is 10.2. The summed E-state index contributed by atoms with van der Waals surface area (Å²) in [5, 5.41) is 0.841. The zero-order chi connectivity index (χ0) is 13.5. The van der Waals surface area contributed by atoms with E-state index in [0.717, 1.165) is 5.39 Å². The van der Waals surface area contributed by atoms with Crippen LogP contribution in [0.15, 0.2) is 34.9 Å². The molecule has 0 saturated carbocycles. The van der Waals surface area contributed by atoms with Crippen molar-refractivity contribution < 1.29 is 18.0 Å². The third kappa shape index (κ3) is 2.32. The summed E-state index contributed by atoms with van der Waals surface area (Å²) in [6.45, 7) is 0.213. The molecule has 0 spiro atoms. The summed E-state index contributed by atoms with van der Waals surface area (Å²) < 4.78 is 31.3. The average Bonchev–Trinajstić information content (AvgIpc) is 2.85. The molecule has 2 heterocycles. The Balaban J connectivity index is 1.80. The molecule has 0 aliphatic carbocycles. The minimum Gasteiger partial charge on any atom is -0.464 e. The van der Waals surface area contributed by atoms with E-state index in [4.69, 9.17) is 4.42 Å². The van der Waals surface area contributed by atoms with Gasteiger partial charge < -0.3 is 9.32 Å². The number of likely N-dealkylation sites (tertiary alicyclic amines) is 1. The molecule has 0 bridgehead atoms. The normalized spacial score (nSPS) is 18.7.